The van der Waals surface area contributed by atoms with Crippen molar-refractivity contribution >= 4 is 0 Å². The fourth-order valence-electron chi connectivity index (χ4n) is 2.11. The number of benzene rings is 1. The highest BCUT2D eigenvalue weighted by molar-refractivity contribution is 5.39. The van der Waals surface area contributed by atoms with E-state index in [1.54, 1.807) is 26.4 Å². The van der Waals surface area contributed by atoms with Gasteiger partial charge in [0.2, 0.25) is 0 Å². The average molecular weight is 306 g/mol. The molecule has 0 fully saturated rings. The van der Waals surface area contributed by atoms with Crippen LogP contribution in [-0.2, 0) is 9.47 Å². The summed E-state index contributed by atoms with van der Waals surface area (Å²) in [6.45, 7) is 0.265. The molecule has 1 aliphatic rings. The molecule has 1 aliphatic carbocycles. The monoisotopic (exact) mass is 306 g/mol. The van der Waals surface area contributed by atoms with E-state index in [1.165, 1.54) is 0 Å². The predicted molar refractivity (Wildman–Crippen MR) is 82.9 cm³/mol. The van der Waals surface area contributed by atoms with Crippen LogP contribution >= 0.6 is 0 Å². The summed E-state index contributed by atoms with van der Waals surface area (Å²) in [6.07, 6.45) is 4.91. The quantitative estimate of drug-likeness (QED) is 0.800. The van der Waals surface area contributed by atoms with Crippen LogP contribution in [0.1, 0.15) is 12.8 Å². The van der Waals surface area contributed by atoms with E-state index in [1.807, 2.05) is 24.3 Å². The first kappa shape index (κ1) is 16.2. The second-order valence-electron chi connectivity index (χ2n) is 4.86. The first-order valence-corrected chi connectivity index (χ1v) is 7.25. The van der Waals surface area contributed by atoms with E-state index in [9.17, 15) is 5.11 Å². The Kier molecular flexibility index (Phi) is 6.15. The Labute approximate surface area is 130 Å². The maximum Gasteiger partial charge on any atom is 0.161 e. The van der Waals surface area contributed by atoms with Crippen LogP contribution in [0.3, 0.4) is 0 Å². The molecule has 1 atom stereocenters. The molecule has 0 amide bonds. The zero-order valence-electron chi connectivity index (χ0n) is 13.0. The van der Waals surface area contributed by atoms with Gasteiger partial charge in [-0.05, 0) is 24.6 Å². The number of aliphatic hydroxyl groups is 1. The fourth-order valence-corrected chi connectivity index (χ4v) is 2.11. The van der Waals surface area contributed by atoms with Crippen molar-refractivity contribution in [3.8, 4) is 11.5 Å². The Morgan fingerprint density at radius 2 is 1.77 bits per heavy atom. The number of hydrogen-bond acceptors (Lipinski definition) is 5. The van der Waals surface area contributed by atoms with Crippen molar-refractivity contribution in [2.24, 2.45) is 0 Å². The molecule has 0 aliphatic heterocycles. The zero-order chi connectivity index (χ0) is 15.8. The van der Waals surface area contributed by atoms with Crippen LogP contribution in [-0.4, -0.2) is 38.6 Å². The third-order valence-corrected chi connectivity index (χ3v) is 3.26. The molecular formula is C17H22O5. The first-order chi connectivity index (χ1) is 10.7. The molecule has 2 rings (SSSR count). The molecule has 0 heterocycles. The number of methoxy groups -OCH3 is 2. The lowest BCUT2D eigenvalue weighted by molar-refractivity contribution is 0.0353. The molecule has 0 saturated heterocycles. The normalized spacial score (nSPS) is 15.4. The first-order valence-electron chi connectivity index (χ1n) is 7.25. The number of ether oxygens (including phenoxy) is 4. The van der Waals surface area contributed by atoms with E-state index in [4.69, 9.17) is 18.9 Å². The van der Waals surface area contributed by atoms with Gasteiger partial charge in [0.05, 0.1) is 14.2 Å². The summed E-state index contributed by atoms with van der Waals surface area (Å²) < 4.78 is 21.6. The second kappa shape index (κ2) is 8.34. The van der Waals surface area contributed by atoms with Gasteiger partial charge in [0.1, 0.15) is 25.1 Å². The number of hydrogen-bond donors (Lipinski definition) is 1. The summed E-state index contributed by atoms with van der Waals surface area (Å²) in [5.74, 6) is 2.71. The van der Waals surface area contributed by atoms with Crippen LogP contribution in [0.25, 0.3) is 0 Å². The highest BCUT2D eigenvalue weighted by Crippen LogP contribution is 2.26. The highest BCUT2D eigenvalue weighted by atomic mass is 16.5. The lowest BCUT2D eigenvalue weighted by Crippen LogP contribution is -2.23. The smallest absolute Gasteiger partial charge is 0.161 e. The van der Waals surface area contributed by atoms with Crippen molar-refractivity contribution < 1.29 is 24.1 Å². The molecule has 5 heteroatoms. The third-order valence-electron chi connectivity index (χ3n) is 3.26. The largest absolute Gasteiger partial charge is 0.497 e. The minimum atomic E-state index is -0.745. The summed E-state index contributed by atoms with van der Waals surface area (Å²) in [5, 5.41) is 9.99. The van der Waals surface area contributed by atoms with Crippen molar-refractivity contribution in [2.45, 2.75) is 18.9 Å². The molecule has 1 aromatic rings. The molecule has 120 valence electrons. The van der Waals surface area contributed by atoms with Crippen LogP contribution < -0.4 is 9.47 Å². The maximum atomic E-state index is 9.99. The van der Waals surface area contributed by atoms with Crippen LogP contribution in [0.4, 0.5) is 0 Å². The third kappa shape index (κ3) is 4.43. The lowest BCUT2D eigenvalue weighted by Gasteiger charge is -2.18. The van der Waals surface area contributed by atoms with Gasteiger partial charge < -0.3 is 24.1 Å². The molecule has 1 N–H and O–H groups in total. The molecule has 0 radical (unpaired) electrons. The Hall–Kier alpha value is -2.14. The molecule has 0 bridgehead atoms. The molecule has 1 aromatic carbocycles. The summed E-state index contributed by atoms with van der Waals surface area (Å²) in [5.41, 5.74) is 0. The molecule has 0 saturated carbocycles. The van der Waals surface area contributed by atoms with Crippen LogP contribution in [0.15, 0.2) is 47.9 Å². The van der Waals surface area contributed by atoms with Gasteiger partial charge in [0.15, 0.2) is 17.3 Å². The van der Waals surface area contributed by atoms with Gasteiger partial charge in [0, 0.05) is 6.42 Å². The van der Waals surface area contributed by atoms with Crippen molar-refractivity contribution in [3.05, 3.63) is 47.9 Å². The maximum absolute atomic E-state index is 9.99. The Morgan fingerprint density at radius 3 is 2.50 bits per heavy atom. The van der Waals surface area contributed by atoms with Crippen molar-refractivity contribution in [2.75, 3.05) is 27.4 Å². The average Bonchev–Trinajstić information content (AvgIpc) is 2.58. The van der Waals surface area contributed by atoms with Gasteiger partial charge in [-0.3, -0.25) is 0 Å². The van der Waals surface area contributed by atoms with Crippen molar-refractivity contribution in [3.63, 3.8) is 0 Å². The predicted octanol–water partition coefficient (Wildman–Crippen LogP) is 2.66. The lowest BCUT2D eigenvalue weighted by atomic mass is 10.1. The van der Waals surface area contributed by atoms with Crippen LogP contribution in [0, 0.1) is 0 Å². The number of para-hydroxylation sites is 2. The number of aliphatic hydroxyl groups excluding tert-OH is 1. The Bertz CT molecular complexity index is 536. The van der Waals surface area contributed by atoms with Crippen molar-refractivity contribution in [1.82, 2.24) is 0 Å². The fraction of sp³-hybridized carbons (Fsp3) is 0.412. The molecular weight excluding hydrogens is 284 g/mol. The van der Waals surface area contributed by atoms with Gasteiger partial charge in [-0.2, -0.15) is 0 Å². The van der Waals surface area contributed by atoms with Gasteiger partial charge >= 0.3 is 0 Å². The molecule has 5 nitrogen and oxygen atoms in total. The summed E-state index contributed by atoms with van der Waals surface area (Å²) in [6, 6.07) is 7.31. The van der Waals surface area contributed by atoms with Crippen LogP contribution in [0.5, 0.6) is 11.5 Å². The Balaban J connectivity index is 1.82. The highest BCUT2D eigenvalue weighted by Gasteiger charge is 2.13. The van der Waals surface area contributed by atoms with E-state index in [2.05, 4.69) is 0 Å². The Morgan fingerprint density at radius 1 is 1.05 bits per heavy atom. The van der Waals surface area contributed by atoms with Crippen molar-refractivity contribution in [1.29, 1.82) is 0 Å². The van der Waals surface area contributed by atoms with E-state index >= 15 is 0 Å². The minimum Gasteiger partial charge on any atom is -0.497 e. The van der Waals surface area contributed by atoms with Gasteiger partial charge in [-0.25, -0.2) is 0 Å². The van der Waals surface area contributed by atoms with E-state index in [0.29, 0.717) is 17.3 Å². The minimum absolute atomic E-state index is 0.125. The topological polar surface area (TPSA) is 57.2 Å². The van der Waals surface area contributed by atoms with E-state index in [-0.39, 0.29) is 13.2 Å². The van der Waals surface area contributed by atoms with Gasteiger partial charge in [0.25, 0.3) is 0 Å². The molecule has 0 spiro atoms. The summed E-state index contributed by atoms with van der Waals surface area (Å²) in [4.78, 5) is 0. The van der Waals surface area contributed by atoms with E-state index < -0.39 is 6.10 Å². The molecule has 0 aromatic heterocycles. The summed E-state index contributed by atoms with van der Waals surface area (Å²) in [7, 11) is 3.20. The van der Waals surface area contributed by atoms with E-state index in [0.717, 1.165) is 18.6 Å². The summed E-state index contributed by atoms with van der Waals surface area (Å²) >= 11 is 0. The van der Waals surface area contributed by atoms with Gasteiger partial charge in [-0.1, -0.05) is 18.2 Å². The van der Waals surface area contributed by atoms with Crippen LogP contribution in [0.2, 0.25) is 0 Å². The SMILES string of the molecule is COC1=C(OCC(O)COc2ccccc2OC)C=CCC1. The van der Waals surface area contributed by atoms with Gasteiger partial charge in [-0.15, -0.1) is 0 Å². The number of allylic oxidation sites excluding steroid dienone is 3. The standard InChI is InChI=1S/C17H22O5/c1-19-14-7-3-5-9-16(14)21-11-13(18)12-22-17-10-6-4-8-15(17)20-2/h3,5-7,9-10,13,18H,4,8,11-12H2,1-2H3. The zero-order valence-corrected chi connectivity index (χ0v) is 13.0. The number of rotatable bonds is 8. The second-order valence-corrected chi connectivity index (χ2v) is 4.86. The molecule has 1 unspecified atom stereocenters. The molecule has 22 heavy (non-hydrogen) atoms.